The summed E-state index contributed by atoms with van der Waals surface area (Å²) in [6.45, 7) is 0. The normalized spacial score (nSPS) is 16.0. The average Bonchev–Trinajstić information content (AvgIpc) is 1.21. The lowest BCUT2D eigenvalue weighted by molar-refractivity contribution is -0.272. The topological polar surface area (TPSA) is 49.4 Å². The van der Waals surface area contributed by atoms with Crippen LogP contribution in [0.25, 0.3) is 0 Å². The summed E-state index contributed by atoms with van der Waals surface area (Å²) >= 11 is -3.51. The van der Waals surface area contributed by atoms with Crippen LogP contribution in [0, 0.1) is 0 Å². The van der Waals surface area contributed by atoms with E-state index in [1.54, 1.807) is 0 Å². The van der Waals surface area contributed by atoms with Crippen LogP contribution in [0.3, 0.4) is 0 Å². The highest BCUT2D eigenvalue weighted by molar-refractivity contribution is 7.74. The van der Waals surface area contributed by atoms with Gasteiger partial charge in [-0.25, -0.2) is 8.39 Å². The monoisotopic (exact) mass is 149 g/mol. The zero-order chi connectivity index (χ0) is 6.78. The van der Waals surface area contributed by atoms with Gasteiger partial charge in [0.15, 0.2) is 0 Å². The first-order chi connectivity index (χ1) is 3.42. The van der Waals surface area contributed by atoms with Gasteiger partial charge < -0.3 is 4.55 Å². The van der Waals surface area contributed by atoms with Crippen molar-refractivity contribution in [2.24, 2.45) is 0 Å². The van der Waals surface area contributed by atoms with Crippen molar-refractivity contribution in [3.8, 4) is 0 Å². The van der Waals surface area contributed by atoms with Gasteiger partial charge in [0.25, 0.3) is 0 Å². The molecule has 1 atom stereocenters. The van der Waals surface area contributed by atoms with Gasteiger partial charge in [-0.2, -0.15) is 0 Å². The summed E-state index contributed by atoms with van der Waals surface area (Å²) < 4.78 is 52.6. The molecule has 0 aromatic heterocycles. The van der Waals surface area contributed by atoms with Gasteiger partial charge in [0.1, 0.15) is 0 Å². The second-order valence-electron chi connectivity index (χ2n) is 0.733. The molecular weight excluding hydrogens is 149 g/mol. The standard InChI is InChI=1S/CHF3O3S/c2-1(3,4)7-8(5)6/h(H,5,6)/p-1. The zero-order valence-corrected chi connectivity index (χ0v) is 4.08. The third kappa shape index (κ3) is 5.86. The van der Waals surface area contributed by atoms with E-state index in [0.717, 1.165) is 0 Å². The summed E-state index contributed by atoms with van der Waals surface area (Å²) in [6.07, 6.45) is -5.09. The molecule has 8 heavy (non-hydrogen) atoms. The summed E-state index contributed by atoms with van der Waals surface area (Å²) in [6, 6.07) is 0. The molecule has 0 aliphatic carbocycles. The Bertz CT molecular complexity index is 97.2. The van der Waals surface area contributed by atoms with E-state index >= 15 is 0 Å². The summed E-state index contributed by atoms with van der Waals surface area (Å²) in [7, 11) is 0. The SMILES string of the molecule is O=S([O-])OC(F)(F)F. The Labute approximate surface area is 44.9 Å². The van der Waals surface area contributed by atoms with Gasteiger partial charge in [-0.15, -0.1) is 13.2 Å². The molecule has 0 amide bonds. The lowest BCUT2D eigenvalue weighted by Gasteiger charge is -2.06. The Morgan fingerprint density at radius 2 is 1.88 bits per heavy atom. The van der Waals surface area contributed by atoms with Gasteiger partial charge in [0.05, 0.1) is 11.4 Å². The molecule has 1 unspecified atom stereocenters. The van der Waals surface area contributed by atoms with Gasteiger partial charge in [-0.05, 0) is 0 Å². The van der Waals surface area contributed by atoms with E-state index in [-0.39, 0.29) is 0 Å². The Hall–Kier alpha value is -0.140. The van der Waals surface area contributed by atoms with Crippen LogP contribution in [0.1, 0.15) is 0 Å². The number of rotatable bonds is 1. The van der Waals surface area contributed by atoms with Crippen molar-refractivity contribution in [3.63, 3.8) is 0 Å². The predicted octanol–water partition coefficient (Wildman–Crippen LogP) is 0.317. The van der Waals surface area contributed by atoms with Gasteiger partial charge in [-0.3, -0.25) is 0 Å². The molecule has 0 rings (SSSR count). The molecule has 7 heteroatoms. The van der Waals surface area contributed by atoms with Crippen LogP contribution in [0.15, 0.2) is 0 Å². The molecule has 0 aromatic carbocycles. The number of halogens is 3. The van der Waals surface area contributed by atoms with Crippen LogP contribution in [-0.4, -0.2) is 15.1 Å². The first kappa shape index (κ1) is 7.86. The highest BCUT2D eigenvalue weighted by Gasteiger charge is 2.30. The van der Waals surface area contributed by atoms with Crippen molar-refractivity contribution in [3.05, 3.63) is 0 Å². The molecule has 0 saturated heterocycles. The molecule has 0 aliphatic heterocycles. The van der Waals surface area contributed by atoms with E-state index in [1.807, 2.05) is 0 Å². The highest BCUT2D eigenvalue weighted by Crippen LogP contribution is 2.16. The molecule has 0 saturated carbocycles. The van der Waals surface area contributed by atoms with Gasteiger partial charge >= 0.3 is 6.36 Å². The Morgan fingerprint density at radius 3 is 1.88 bits per heavy atom. The molecule has 0 radical (unpaired) electrons. The molecular formula is CF3O3S-. The third-order valence-electron chi connectivity index (χ3n) is 0.163. The summed E-state index contributed by atoms with van der Waals surface area (Å²) in [5.41, 5.74) is 0. The van der Waals surface area contributed by atoms with Crippen LogP contribution in [0.5, 0.6) is 0 Å². The van der Waals surface area contributed by atoms with Crippen LogP contribution in [-0.2, 0) is 15.5 Å². The maximum absolute atomic E-state index is 10.7. The van der Waals surface area contributed by atoms with E-state index in [2.05, 4.69) is 4.18 Å². The number of hydrogen-bond donors (Lipinski definition) is 0. The molecule has 3 nitrogen and oxygen atoms in total. The Morgan fingerprint density at radius 1 is 1.50 bits per heavy atom. The highest BCUT2D eigenvalue weighted by atomic mass is 32.2. The van der Waals surface area contributed by atoms with Gasteiger partial charge in [-0.1, -0.05) is 0 Å². The fourth-order valence-corrected chi connectivity index (χ4v) is 0.231. The van der Waals surface area contributed by atoms with Crippen LogP contribution in [0.4, 0.5) is 13.2 Å². The van der Waals surface area contributed by atoms with E-state index in [9.17, 15) is 13.2 Å². The molecule has 0 heterocycles. The Balaban J connectivity index is 3.55. The first-order valence-corrected chi connectivity index (χ1v) is 2.27. The van der Waals surface area contributed by atoms with Crippen LogP contribution in [0.2, 0.25) is 0 Å². The summed E-state index contributed by atoms with van der Waals surface area (Å²) in [5.74, 6) is 0. The molecule has 0 fully saturated rings. The lowest BCUT2D eigenvalue weighted by atomic mass is 11.4. The minimum Gasteiger partial charge on any atom is -0.750 e. The van der Waals surface area contributed by atoms with Crippen molar-refractivity contribution in [1.29, 1.82) is 0 Å². The molecule has 0 bridgehead atoms. The largest absolute Gasteiger partial charge is 0.750 e. The van der Waals surface area contributed by atoms with Gasteiger partial charge in [0.2, 0.25) is 0 Å². The zero-order valence-electron chi connectivity index (χ0n) is 3.27. The van der Waals surface area contributed by atoms with Crippen molar-refractivity contribution in [1.82, 2.24) is 0 Å². The maximum atomic E-state index is 10.7. The molecule has 0 spiro atoms. The fourth-order valence-electron chi connectivity index (χ4n) is 0.0772. The van der Waals surface area contributed by atoms with Crippen LogP contribution >= 0.6 is 0 Å². The fraction of sp³-hybridized carbons (Fsp3) is 1.00. The predicted molar refractivity (Wildman–Crippen MR) is 16.1 cm³/mol. The van der Waals surface area contributed by atoms with Crippen molar-refractivity contribution >= 4 is 11.4 Å². The minimum absolute atomic E-state index is 2.35. The van der Waals surface area contributed by atoms with Crippen LogP contribution < -0.4 is 0 Å². The second kappa shape index (κ2) is 2.42. The smallest absolute Gasteiger partial charge is 0.534 e. The maximum Gasteiger partial charge on any atom is 0.534 e. The third-order valence-corrected chi connectivity index (χ3v) is 0.488. The first-order valence-electron chi connectivity index (χ1n) is 1.27. The van der Waals surface area contributed by atoms with E-state index in [1.165, 1.54) is 0 Å². The van der Waals surface area contributed by atoms with Gasteiger partial charge in [0, 0.05) is 0 Å². The lowest BCUT2D eigenvalue weighted by Crippen LogP contribution is -2.14. The van der Waals surface area contributed by atoms with Crippen molar-refractivity contribution in [2.75, 3.05) is 0 Å². The minimum atomic E-state index is -5.09. The van der Waals surface area contributed by atoms with E-state index in [4.69, 9.17) is 8.76 Å². The van der Waals surface area contributed by atoms with Crippen molar-refractivity contribution < 1.29 is 26.1 Å². The molecule has 0 aromatic rings. The van der Waals surface area contributed by atoms with E-state index < -0.39 is 17.7 Å². The summed E-state index contributed by atoms with van der Waals surface area (Å²) in [5, 5.41) is 0. The Kier molecular flexibility index (Phi) is 2.38. The molecule has 0 N–H and O–H groups in total. The quantitative estimate of drug-likeness (QED) is 0.504. The second-order valence-corrected chi connectivity index (χ2v) is 1.31. The summed E-state index contributed by atoms with van der Waals surface area (Å²) in [4.78, 5) is 0. The number of hydrogen-bond acceptors (Lipinski definition) is 3. The number of alkyl halides is 3. The van der Waals surface area contributed by atoms with E-state index in [0.29, 0.717) is 0 Å². The average molecular weight is 149 g/mol. The molecule has 0 aliphatic rings. The van der Waals surface area contributed by atoms with Crippen molar-refractivity contribution in [2.45, 2.75) is 6.36 Å². The molecule has 50 valence electrons.